The number of thiazole rings is 1. The van der Waals surface area contributed by atoms with E-state index in [4.69, 9.17) is 0 Å². The molecule has 1 unspecified atom stereocenters. The lowest BCUT2D eigenvalue weighted by Crippen LogP contribution is -2.46. The van der Waals surface area contributed by atoms with Crippen LogP contribution in [0.1, 0.15) is 29.1 Å². The Labute approximate surface area is 159 Å². The molecule has 1 aliphatic heterocycles. The van der Waals surface area contributed by atoms with Crippen molar-refractivity contribution in [1.29, 1.82) is 0 Å². The average molecular weight is 388 g/mol. The molecule has 1 fully saturated rings. The predicted molar refractivity (Wildman–Crippen MR) is 104 cm³/mol. The number of halogens is 2. The van der Waals surface area contributed by atoms with E-state index in [0.29, 0.717) is 6.42 Å². The fourth-order valence-corrected chi connectivity index (χ4v) is 3.53. The smallest absolute Gasteiger partial charge is 0.226 e. The van der Waals surface area contributed by atoms with Crippen LogP contribution >= 0.6 is 36.2 Å². The quantitative estimate of drug-likeness (QED) is 0.828. The molecule has 132 valence electrons. The van der Waals surface area contributed by atoms with E-state index in [0.717, 1.165) is 43.1 Å². The monoisotopic (exact) mass is 387 g/mol. The van der Waals surface area contributed by atoms with Gasteiger partial charge in [0.25, 0.3) is 0 Å². The van der Waals surface area contributed by atoms with E-state index in [9.17, 15) is 4.79 Å². The van der Waals surface area contributed by atoms with Crippen LogP contribution in [0.2, 0.25) is 0 Å². The molecule has 1 aromatic carbocycles. The van der Waals surface area contributed by atoms with Crippen LogP contribution < -0.4 is 10.6 Å². The molecule has 2 heterocycles. The van der Waals surface area contributed by atoms with Crippen LogP contribution in [0.15, 0.2) is 35.7 Å². The zero-order valence-electron chi connectivity index (χ0n) is 13.4. The zero-order chi connectivity index (χ0) is 15.2. The highest BCUT2D eigenvalue weighted by Crippen LogP contribution is 2.15. The van der Waals surface area contributed by atoms with Crippen molar-refractivity contribution < 1.29 is 4.79 Å². The molecule has 1 saturated heterocycles. The van der Waals surface area contributed by atoms with Gasteiger partial charge in [-0.15, -0.1) is 36.2 Å². The number of rotatable bonds is 5. The summed E-state index contributed by atoms with van der Waals surface area (Å²) in [5, 5.41) is 9.46. The van der Waals surface area contributed by atoms with E-state index in [2.05, 4.69) is 27.8 Å². The lowest BCUT2D eigenvalue weighted by Gasteiger charge is -2.23. The van der Waals surface area contributed by atoms with Gasteiger partial charge in [0.1, 0.15) is 0 Å². The molecule has 2 aromatic rings. The minimum absolute atomic E-state index is 0. The first-order chi connectivity index (χ1) is 10.8. The van der Waals surface area contributed by atoms with Gasteiger partial charge in [0.15, 0.2) is 0 Å². The number of benzene rings is 1. The van der Waals surface area contributed by atoms with Crippen molar-refractivity contribution in [3.05, 3.63) is 52.0 Å². The van der Waals surface area contributed by atoms with Gasteiger partial charge in [0.2, 0.25) is 5.91 Å². The highest BCUT2D eigenvalue weighted by molar-refractivity contribution is 7.09. The van der Waals surface area contributed by atoms with E-state index < -0.39 is 0 Å². The highest BCUT2D eigenvalue weighted by Gasteiger charge is 2.16. The number of nitrogens with zero attached hydrogens (tertiary/aromatic N) is 1. The molecule has 1 aliphatic rings. The van der Waals surface area contributed by atoms with Crippen molar-refractivity contribution in [2.75, 3.05) is 13.1 Å². The summed E-state index contributed by atoms with van der Waals surface area (Å²) in [7, 11) is 0. The fourth-order valence-electron chi connectivity index (χ4n) is 2.70. The lowest BCUT2D eigenvalue weighted by molar-refractivity contribution is -0.121. The summed E-state index contributed by atoms with van der Waals surface area (Å²) in [6.07, 6.45) is 3.40. The second kappa shape index (κ2) is 10.7. The van der Waals surface area contributed by atoms with E-state index in [1.807, 2.05) is 23.6 Å². The Morgan fingerprint density at radius 3 is 2.79 bits per heavy atom. The van der Waals surface area contributed by atoms with Crippen molar-refractivity contribution in [2.24, 2.45) is 0 Å². The Hall–Kier alpha value is -1.14. The van der Waals surface area contributed by atoms with E-state index in [-0.39, 0.29) is 36.8 Å². The Balaban J connectivity index is 0.00000144. The third kappa shape index (κ3) is 6.40. The molecule has 7 heteroatoms. The van der Waals surface area contributed by atoms with Gasteiger partial charge >= 0.3 is 0 Å². The molecule has 0 radical (unpaired) electrons. The predicted octanol–water partition coefficient (Wildman–Crippen LogP) is 2.99. The number of amides is 1. The number of carbonyl (C=O) groups excluding carboxylic acids is 1. The second-order valence-corrected chi connectivity index (χ2v) is 6.63. The van der Waals surface area contributed by atoms with Gasteiger partial charge in [-0.05, 0) is 24.9 Å². The fraction of sp³-hybridized carbons (Fsp3) is 0.412. The second-order valence-electron chi connectivity index (χ2n) is 5.68. The van der Waals surface area contributed by atoms with Gasteiger partial charge in [0, 0.05) is 24.4 Å². The van der Waals surface area contributed by atoms with Crippen LogP contribution in [-0.4, -0.2) is 30.0 Å². The maximum absolute atomic E-state index is 12.1. The standard InChI is InChI=1S/C17H21N3OS.2ClH/c21-16(19-14-7-4-8-18-11-14)10-15-12-22-17(20-15)9-13-5-2-1-3-6-13;;/h1-3,5-6,12,14,18H,4,7-11H2,(H,19,21);2*1H. The molecule has 2 N–H and O–H groups in total. The first-order valence-corrected chi connectivity index (χ1v) is 8.65. The topological polar surface area (TPSA) is 54.0 Å². The van der Waals surface area contributed by atoms with Gasteiger partial charge in [0.05, 0.1) is 17.1 Å². The van der Waals surface area contributed by atoms with Gasteiger partial charge in [-0.25, -0.2) is 4.98 Å². The normalized spacial score (nSPS) is 16.6. The summed E-state index contributed by atoms with van der Waals surface area (Å²) in [4.78, 5) is 16.7. The van der Waals surface area contributed by atoms with Crippen molar-refractivity contribution in [3.8, 4) is 0 Å². The van der Waals surface area contributed by atoms with E-state index >= 15 is 0 Å². The van der Waals surface area contributed by atoms with Crippen LogP contribution in [0.25, 0.3) is 0 Å². The molecule has 0 bridgehead atoms. The third-order valence-corrected chi connectivity index (χ3v) is 4.70. The number of aromatic nitrogens is 1. The molecule has 1 atom stereocenters. The molecule has 24 heavy (non-hydrogen) atoms. The SMILES string of the molecule is Cl.Cl.O=C(Cc1csc(Cc2ccccc2)n1)NC1CCCNC1. The van der Waals surface area contributed by atoms with E-state index in [1.165, 1.54) is 5.56 Å². The van der Waals surface area contributed by atoms with Gasteiger partial charge in [-0.2, -0.15) is 0 Å². The van der Waals surface area contributed by atoms with Crippen molar-refractivity contribution >= 4 is 42.1 Å². The van der Waals surface area contributed by atoms with Crippen LogP contribution in [-0.2, 0) is 17.6 Å². The van der Waals surface area contributed by atoms with Gasteiger partial charge < -0.3 is 10.6 Å². The molecule has 3 rings (SSSR count). The molecule has 4 nitrogen and oxygen atoms in total. The Bertz CT molecular complexity index is 615. The van der Waals surface area contributed by atoms with Crippen LogP contribution in [0.3, 0.4) is 0 Å². The van der Waals surface area contributed by atoms with Crippen molar-refractivity contribution in [3.63, 3.8) is 0 Å². The molecule has 1 amide bonds. The largest absolute Gasteiger partial charge is 0.352 e. The minimum atomic E-state index is 0. The Morgan fingerprint density at radius 1 is 1.29 bits per heavy atom. The van der Waals surface area contributed by atoms with Crippen LogP contribution in [0.5, 0.6) is 0 Å². The maximum atomic E-state index is 12.1. The molecular formula is C17H23Cl2N3OS. The summed E-state index contributed by atoms with van der Waals surface area (Å²) in [5.74, 6) is 0.0743. The first-order valence-electron chi connectivity index (χ1n) is 7.77. The number of piperidine rings is 1. The summed E-state index contributed by atoms with van der Waals surface area (Å²) in [5.41, 5.74) is 2.12. The Morgan fingerprint density at radius 2 is 2.08 bits per heavy atom. The Kier molecular flexibility index (Phi) is 9.29. The summed E-state index contributed by atoms with van der Waals surface area (Å²) >= 11 is 1.63. The van der Waals surface area contributed by atoms with Crippen LogP contribution in [0.4, 0.5) is 0 Å². The molecule has 0 spiro atoms. The van der Waals surface area contributed by atoms with Gasteiger partial charge in [-0.3, -0.25) is 4.79 Å². The maximum Gasteiger partial charge on any atom is 0.226 e. The average Bonchev–Trinajstić information content (AvgIpc) is 2.96. The zero-order valence-corrected chi connectivity index (χ0v) is 15.8. The molecule has 1 aromatic heterocycles. The number of nitrogens with one attached hydrogen (secondary N) is 2. The first kappa shape index (κ1) is 20.9. The summed E-state index contributed by atoms with van der Waals surface area (Å²) < 4.78 is 0. The van der Waals surface area contributed by atoms with Crippen LogP contribution in [0, 0.1) is 0 Å². The van der Waals surface area contributed by atoms with E-state index in [1.54, 1.807) is 11.3 Å². The minimum Gasteiger partial charge on any atom is -0.352 e. The summed E-state index contributed by atoms with van der Waals surface area (Å²) in [6.45, 7) is 1.93. The van der Waals surface area contributed by atoms with Crippen molar-refractivity contribution in [1.82, 2.24) is 15.6 Å². The third-order valence-electron chi connectivity index (χ3n) is 3.80. The van der Waals surface area contributed by atoms with Gasteiger partial charge in [-0.1, -0.05) is 30.3 Å². The lowest BCUT2D eigenvalue weighted by atomic mass is 10.1. The number of carbonyl (C=O) groups is 1. The number of hydrogen-bond acceptors (Lipinski definition) is 4. The summed E-state index contributed by atoms with van der Waals surface area (Å²) in [6, 6.07) is 10.6. The number of hydrogen-bond donors (Lipinski definition) is 2. The molecule has 0 aliphatic carbocycles. The molecule has 0 saturated carbocycles. The molecular weight excluding hydrogens is 365 g/mol. The highest BCUT2D eigenvalue weighted by atomic mass is 35.5. The van der Waals surface area contributed by atoms with Crippen molar-refractivity contribution in [2.45, 2.75) is 31.7 Å².